The zero-order chi connectivity index (χ0) is 12.8. The fourth-order valence-electron chi connectivity index (χ4n) is 1.99. The molecule has 2 rings (SSSR count). The summed E-state index contributed by atoms with van der Waals surface area (Å²) in [5.74, 6) is 0. The van der Waals surface area contributed by atoms with E-state index in [0.29, 0.717) is 13.2 Å². The minimum Gasteiger partial charge on any atom is -0.383 e. The van der Waals surface area contributed by atoms with Crippen LogP contribution < -0.4 is 5.73 Å². The Morgan fingerprint density at radius 2 is 2.17 bits per heavy atom. The summed E-state index contributed by atoms with van der Waals surface area (Å²) in [6.07, 6.45) is 4.83. The van der Waals surface area contributed by atoms with Gasteiger partial charge in [0.2, 0.25) is 0 Å². The van der Waals surface area contributed by atoms with Gasteiger partial charge in [0.05, 0.1) is 19.3 Å². The number of nitrogens with zero attached hydrogens (tertiary/aromatic N) is 2. The quantitative estimate of drug-likeness (QED) is 0.842. The maximum absolute atomic E-state index is 5.64. The van der Waals surface area contributed by atoms with Gasteiger partial charge in [0.15, 0.2) is 0 Å². The molecule has 0 atom stereocenters. The molecule has 0 aliphatic carbocycles. The molecular weight excluding hydrogens is 226 g/mol. The van der Waals surface area contributed by atoms with Gasteiger partial charge < -0.3 is 10.5 Å². The summed E-state index contributed by atoms with van der Waals surface area (Å²) in [6.45, 7) is 2.11. The van der Waals surface area contributed by atoms with Crippen LogP contribution in [0.25, 0.3) is 11.1 Å². The number of hydrogen-bond acceptors (Lipinski definition) is 3. The number of ether oxygens (including phenoxy) is 1. The first-order valence-electron chi connectivity index (χ1n) is 6.15. The molecule has 2 aromatic rings. The Morgan fingerprint density at radius 3 is 2.94 bits per heavy atom. The summed E-state index contributed by atoms with van der Waals surface area (Å²) in [4.78, 5) is 0. The summed E-state index contributed by atoms with van der Waals surface area (Å²) in [7, 11) is 1.70. The van der Waals surface area contributed by atoms with Crippen LogP contribution in [-0.4, -0.2) is 30.0 Å². The molecule has 0 aliphatic heterocycles. The SMILES string of the molecule is COCCn1cc(-c2ccccc2CCN)cn1. The third-order valence-electron chi connectivity index (χ3n) is 2.90. The van der Waals surface area contributed by atoms with Gasteiger partial charge in [-0.15, -0.1) is 0 Å². The summed E-state index contributed by atoms with van der Waals surface area (Å²) in [6, 6.07) is 8.32. The molecule has 4 nitrogen and oxygen atoms in total. The van der Waals surface area contributed by atoms with Crippen molar-refractivity contribution in [1.29, 1.82) is 0 Å². The van der Waals surface area contributed by atoms with Gasteiger partial charge in [-0.05, 0) is 24.1 Å². The zero-order valence-electron chi connectivity index (χ0n) is 10.7. The van der Waals surface area contributed by atoms with Crippen LogP contribution in [0.1, 0.15) is 5.56 Å². The number of aromatic nitrogens is 2. The Kier molecular flexibility index (Phi) is 4.50. The molecular formula is C14H19N3O. The van der Waals surface area contributed by atoms with Gasteiger partial charge in [0.1, 0.15) is 0 Å². The molecule has 0 saturated carbocycles. The molecule has 96 valence electrons. The van der Waals surface area contributed by atoms with E-state index in [1.165, 1.54) is 11.1 Å². The van der Waals surface area contributed by atoms with Crippen molar-refractivity contribution in [3.63, 3.8) is 0 Å². The van der Waals surface area contributed by atoms with E-state index in [2.05, 4.69) is 17.2 Å². The molecule has 0 fully saturated rings. The van der Waals surface area contributed by atoms with E-state index in [1.54, 1.807) is 7.11 Å². The van der Waals surface area contributed by atoms with Gasteiger partial charge in [0.25, 0.3) is 0 Å². The van der Waals surface area contributed by atoms with Crippen LogP contribution in [-0.2, 0) is 17.7 Å². The summed E-state index contributed by atoms with van der Waals surface area (Å²) < 4.78 is 6.95. The van der Waals surface area contributed by atoms with Crippen molar-refractivity contribution >= 4 is 0 Å². The average Bonchev–Trinajstić information content (AvgIpc) is 2.86. The van der Waals surface area contributed by atoms with Gasteiger partial charge in [-0.2, -0.15) is 5.10 Å². The van der Waals surface area contributed by atoms with Crippen molar-refractivity contribution in [3.05, 3.63) is 42.2 Å². The summed E-state index contributed by atoms with van der Waals surface area (Å²) in [5, 5.41) is 4.34. The van der Waals surface area contributed by atoms with Crippen LogP contribution in [0.15, 0.2) is 36.7 Å². The second kappa shape index (κ2) is 6.33. The standard InChI is InChI=1S/C14H19N3O/c1-18-9-8-17-11-13(10-16-17)14-5-3-2-4-12(14)6-7-15/h2-5,10-11H,6-9,15H2,1H3. The zero-order valence-corrected chi connectivity index (χ0v) is 10.7. The monoisotopic (exact) mass is 245 g/mol. The smallest absolute Gasteiger partial charge is 0.0658 e. The fourth-order valence-corrected chi connectivity index (χ4v) is 1.99. The molecule has 1 aromatic carbocycles. The third-order valence-corrected chi connectivity index (χ3v) is 2.90. The van der Waals surface area contributed by atoms with Crippen molar-refractivity contribution in [2.75, 3.05) is 20.3 Å². The number of methoxy groups -OCH3 is 1. The predicted molar refractivity (Wildman–Crippen MR) is 72.3 cm³/mol. The van der Waals surface area contributed by atoms with Crippen molar-refractivity contribution in [2.45, 2.75) is 13.0 Å². The van der Waals surface area contributed by atoms with Crippen molar-refractivity contribution in [3.8, 4) is 11.1 Å². The van der Waals surface area contributed by atoms with Crippen LogP contribution >= 0.6 is 0 Å². The molecule has 18 heavy (non-hydrogen) atoms. The first kappa shape index (κ1) is 12.8. The lowest BCUT2D eigenvalue weighted by atomic mass is 10.0. The van der Waals surface area contributed by atoms with Gasteiger partial charge in [0, 0.05) is 18.9 Å². The highest BCUT2D eigenvalue weighted by Gasteiger charge is 2.06. The van der Waals surface area contributed by atoms with Crippen LogP contribution in [0.4, 0.5) is 0 Å². The number of benzene rings is 1. The van der Waals surface area contributed by atoms with E-state index in [9.17, 15) is 0 Å². The van der Waals surface area contributed by atoms with Gasteiger partial charge in [-0.1, -0.05) is 24.3 Å². The lowest BCUT2D eigenvalue weighted by molar-refractivity contribution is 0.183. The normalized spacial score (nSPS) is 10.8. The van der Waals surface area contributed by atoms with E-state index < -0.39 is 0 Å². The van der Waals surface area contributed by atoms with E-state index in [0.717, 1.165) is 18.5 Å². The van der Waals surface area contributed by atoms with Gasteiger partial charge in [-0.3, -0.25) is 4.68 Å². The molecule has 0 spiro atoms. The molecule has 4 heteroatoms. The Balaban J connectivity index is 2.22. The predicted octanol–water partition coefficient (Wildman–Crippen LogP) is 1.70. The summed E-state index contributed by atoms with van der Waals surface area (Å²) >= 11 is 0. The van der Waals surface area contributed by atoms with Crippen LogP contribution in [0.5, 0.6) is 0 Å². The van der Waals surface area contributed by atoms with Crippen molar-refractivity contribution in [2.24, 2.45) is 5.73 Å². The minimum absolute atomic E-state index is 0.662. The van der Waals surface area contributed by atoms with Crippen LogP contribution in [0.3, 0.4) is 0 Å². The highest BCUT2D eigenvalue weighted by atomic mass is 16.5. The Bertz CT molecular complexity index is 493. The lowest BCUT2D eigenvalue weighted by Gasteiger charge is -2.06. The third kappa shape index (κ3) is 2.97. The lowest BCUT2D eigenvalue weighted by Crippen LogP contribution is -2.04. The largest absolute Gasteiger partial charge is 0.383 e. The highest BCUT2D eigenvalue weighted by molar-refractivity contribution is 5.65. The topological polar surface area (TPSA) is 53.1 Å². The molecule has 2 N–H and O–H groups in total. The maximum Gasteiger partial charge on any atom is 0.0658 e. The number of hydrogen-bond donors (Lipinski definition) is 1. The highest BCUT2D eigenvalue weighted by Crippen LogP contribution is 2.23. The molecule has 0 saturated heterocycles. The van der Waals surface area contributed by atoms with Crippen molar-refractivity contribution < 1.29 is 4.74 Å². The number of rotatable bonds is 6. The second-order valence-corrected chi connectivity index (χ2v) is 4.18. The van der Waals surface area contributed by atoms with Crippen molar-refractivity contribution in [1.82, 2.24) is 9.78 Å². The van der Waals surface area contributed by atoms with E-state index in [-0.39, 0.29) is 0 Å². The van der Waals surface area contributed by atoms with Gasteiger partial charge in [-0.25, -0.2) is 0 Å². The second-order valence-electron chi connectivity index (χ2n) is 4.18. The molecule has 0 bridgehead atoms. The molecule has 0 radical (unpaired) electrons. The van der Waals surface area contributed by atoms with Gasteiger partial charge >= 0.3 is 0 Å². The van der Waals surface area contributed by atoms with E-state index >= 15 is 0 Å². The maximum atomic E-state index is 5.64. The molecule has 1 aromatic heterocycles. The fraction of sp³-hybridized carbons (Fsp3) is 0.357. The Hall–Kier alpha value is -1.65. The number of nitrogens with two attached hydrogens (primary N) is 1. The van der Waals surface area contributed by atoms with E-state index in [1.807, 2.05) is 29.2 Å². The molecule has 1 heterocycles. The van der Waals surface area contributed by atoms with E-state index in [4.69, 9.17) is 10.5 Å². The Labute approximate surface area is 107 Å². The van der Waals surface area contributed by atoms with Crippen LogP contribution in [0.2, 0.25) is 0 Å². The Morgan fingerprint density at radius 1 is 1.33 bits per heavy atom. The summed E-state index contributed by atoms with van der Waals surface area (Å²) in [5.41, 5.74) is 9.26. The molecule has 0 amide bonds. The first-order valence-corrected chi connectivity index (χ1v) is 6.15. The first-order chi connectivity index (χ1) is 8.85. The minimum atomic E-state index is 0.662. The van der Waals surface area contributed by atoms with Crippen LogP contribution in [0, 0.1) is 0 Å². The average molecular weight is 245 g/mol. The molecule has 0 unspecified atom stereocenters. The molecule has 0 aliphatic rings.